The van der Waals surface area contributed by atoms with Gasteiger partial charge in [-0.2, -0.15) is 0 Å². The number of hydrogen-bond donors (Lipinski definition) is 1. The second kappa shape index (κ2) is 7.67. The fourth-order valence-electron chi connectivity index (χ4n) is 4.23. The smallest absolute Gasteiger partial charge is 0.254 e. The second-order valence-electron chi connectivity index (χ2n) is 7.81. The minimum absolute atomic E-state index is 0.157. The summed E-state index contributed by atoms with van der Waals surface area (Å²) < 4.78 is 0. The van der Waals surface area contributed by atoms with Crippen molar-refractivity contribution in [1.82, 2.24) is 10.3 Å². The van der Waals surface area contributed by atoms with Crippen molar-refractivity contribution in [3.8, 4) is 11.1 Å². The van der Waals surface area contributed by atoms with Gasteiger partial charge in [0, 0.05) is 36.7 Å². The Bertz CT molecular complexity index is 1230. The summed E-state index contributed by atoms with van der Waals surface area (Å²) in [7, 11) is 1.68. The molecule has 1 aromatic heterocycles. The van der Waals surface area contributed by atoms with Crippen LogP contribution in [0, 0.1) is 0 Å². The van der Waals surface area contributed by atoms with E-state index < -0.39 is 6.04 Å². The Morgan fingerprint density at radius 2 is 1.90 bits per heavy atom. The summed E-state index contributed by atoms with van der Waals surface area (Å²) in [5, 5.41) is 3.32. The van der Waals surface area contributed by atoms with E-state index in [9.17, 15) is 9.59 Å². The van der Waals surface area contributed by atoms with E-state index in [0.29, 0.717) is 22.7 Å². The molecule has 0 saturated carbocycles. The molecule has 0 radical (unpaired) electrons. The van der Waals surface area contributed by atoms with Crippen molar-refractivity contribution in [2.24, 2.45) is 0 Å². The Hall–Kier alpha value is -3.44. The van der Waals surface area contributed by atoms with Gasteiger partial charge in [0.1, 0.15) is 6.04 Å². The van der Waals surface area contributed by atoms with Gasteiger partial charge in [-0.3, -0.25) is 14.6 Å². The number of anilines is 1. The predicted octanol–water partition coefficient (Wildman–Crippen LogP) is 4.29. The van der Waals surface area contributed by atoms with E-state index in [2.05, 4.69) is 34.6 Å². The van der Waals surface area contributed by atoms with Crippen molar-refractivity contribution in [3.63, 3.8) is 0 Å². The summed E-state index contributed by atoms with van der Waals surface area (Å²) in [5.41, 5.74) is 6.45. The molecule has 1 atom stereocenters. The second-order valence-corrected chi connectivity index (χ2v) is 8.25. The number of rotatable bonds is 3. The normalized spacial score (nSPS) is 17.2. The van der Waals surface area contributed by atoms with Crippen LogP contribution in [0.1, 0.15) is 27.2 Å². The maximum atomic E-state index is 13.0. The van der Waals surface area contributed by atoms with Crippen LogP contribution in [-0.2, 0) is 17.6 Å². The first-order valence-electron chi connectivity index (χ1n) is 10.1. The van der Waals surface area contributed by atoms with E-state index in [1.165, 1.54) is 10.5 Å². The van der Waals surface area contributed by atoms with E-state index >= 15 is 0 Å². The molecule has 0 bridgehead atoms. The lowest BCUT2D eigenvalue weighted by Gasteiger charge is -2.21. The highest BCUT2D eigenvalue weighted by atomic mass is 35.5. The highest BCUT2D eigenvalue weighted by Gasteiger charge is 2.32. The molecule has 0 spiro atoms. The molecule has 1 unspecified atom stereocenters. The predicted molar refractivity (Wildman–Crippen MR) is 122 cm³/mol. The summed E-state index contributed by atoms with van der Waals surface area (Å²) >= 11 is 6.05. The number of nitrogens with zero attached hydrogens (tertiary/aromatic N) is 2. The lowest BCUT2D eigenvalue weighted by Crippen LogP contribution is -2.45. The number of carbonyl (C=O) groups excluding carboxylic acids is 2. The maximum absolute atomic E-state index is 13.0. The van der Waals surface area contributed by atoms with E-state index in [1.54, 1.807) is 25.2 Å². The van der Waals surface area contributed by atoms with Gasteiger partial charge in [-0.05, 0) is 41.0 Å². The van der Waals surface area contributed by atoms with Crippen molar-refractivity contribution in [2.75, 3.05) is 11.9 Å². The van der Waals surface area contributed by atoms with Crippen LogP contribution in [0.4, 0.5) is 5.69 Å². The first kappa shape index (κ1) is 19.5. The minimum Gasteiger partial charge on any atom is -0.340 e. The zero-order valence-corrected chi connectivity index (χ0v) is 17.7. The Morgan fingerprint density at radius 3 is 2.71 bits per heavy atom. The largest absolute Gasteiger partial charge is 0.340 e. The molecule has 5 nitrogen and oxygen atoms in total. The van der Waals surface area contributed by atoms with Gasteiger partial charge in [-0.15, -0.1) is 0 Å². The Labute approximate surface area is 185 Å². The van der Waals surface area contributed by atoms with E-state index in [4.69, 9.17) is 11.6 Å². The van der Waals surface area contributed by atoms with Crippen molar-refractivity contribution in [3.05, 3.63) is 88.2 Å². The van der Waals surface area contributed by atoms with Gasteiger partial charge in [0.2, 0.25) is 5.91 Å². The van der Waals surface area contributed by atoms with Gasteiger partial charge < -0.3 is 10.2 Å². The zero-order chi connectivity index (χ0) is 21.5. The van der Waals surface area contributed by atoms with Crippen LogP contribution in [0.2, 0.25) is 5.02 Å². The fourth-order valence-corrected chi connectivity index (χ4v) is 4.40. The molecule has 31 heavy (non-hydrogen) atoms. The molecule has 0 saturated heterocycles. The average molecular weight is 430 g/mol. The number of allylic oxidation sites excluding steroid dienone is 1. The number of halogens is 1. The number of nitrogens with one attached hydrogen (secondary N) is 1. The quantitative estimate of drug-likeness (QED) is 0.675. The molecule has 6 heteroatoms. The number of amides is 2. The first-order chi connectivity index (χ1) is 15.0. The zero-order valence-electron chi connectivity index (χ0n) is 16.9. The van der Waals surface area contributed by atoms with Crippen molar-refractivity contribution >= 4 is 35.2 Å². The third-order valence-corrected chi connectivity index (χ3v) is 6.11. The van der Waals surface area contributed by atoms with Crippen LogP contribution in [0.5, 0.6) is 0 Å². The summed E-state index contributed by atoms with van der Waals surface area (Å²) in [6.07, 6.45) is 7.36. The van der Waals surface area contributed by atoms with Crippen LogP contribution in [-0.4, -0.2) is 29.9 Å². The number of likely N-dealkylation sites (N-methyl/N-ethyl adjacent to an activating group) is 1. The summed E-state index contributed by atoms with van der Waals surface area (Å²) in [6.45, 7) is 0. The lowest BCUT2D eigenvalue weighted by molar-refractivity contribution is -0.120. The Kier molecular flexibility index (Phi) is 4.83. The van der Waals surface area contributed by atoms with Crippen LogP contribution in [0.15, 0.2) is 60.8 Å². The van der Waals surface area contributed by atoms with Crippen LogP contribution in [0.25, 0.3) is 17.2 Å². The van der Waals surface area contributed by atoms with Crippen molar-refractivity contribution in [2.45, 2.75) is 18.9 Å². The molecule has 2 amide bonds. The molecule has 3 aromatic rings. The van der Waals surface area contributed by atoms with E-state index in [1.807, 2.05) is 24.4 Å². The molecular formula is C25H20ClN3O2. The summed E-state index contributed by atoms with van der Waals surface area (Å²) in [6, 6.07) is 14.5. The van der Waals surface area contributed by atoms with Gasteiger partial charge in [-0.25, -0.2) is 0 Å². The van der Waals surface area contributed by atoms with Gasteiger partial charge in [0.15, 0.2) is 0 Å². The number of fused-ring (bicyclic) bond motifs is 2. The molecule has 5 rings (SSSR count). The molecule has 1 N–H and O–H groups in total. The molecule has 2 heterocycles. The SMILES string of the molecule is CN1C(=O)C(Cc2ccc(-c3ccnc4c3C=CC4)cc2)NC(=O)c2cc(Cl)ccc21. The van der Waals surface area contributed by atoms with E-state index in [0.717, 1.165) is 28.8 Å². The van der Waals surface area contributed by atoms with Gasteiger partial charge in [0.05, 0.1) is 16.9 Å². The Morgan fingerprint density at radius 1 is 1.10 bits per heavy atom. The lowest BCUT2D eigenvalue weighted by atomic mass is 9.97. The van der Waals surface area contributed by atoms with Crippen LogP contribution >= 0.6 is 11.6 Å². The Balaban J connectivity index is 1.39. The minimum atomic E-state index is -0.650. The van der Waals surface area contributed by atoms with Gasteiger partial charge >= 0.3 is 0 Å². The number of hydrogen-bond acceptors (Lipinski definition) is 3. The number of carbonyl (C=O) groups is 2. The number of benzene rings is 2. The molecule has 1 aliphatic carbocycles. The molecular weight excluding hydrogens is 410 g/mol. The molecule has 2 aliphatic rings. The standard InChI is InChI=1S/C25H20ClN3O2/c1-29-23-10-9-17(26)14-20(23)24(30)28-22(25(29)31)13-15-5-7-16(8-6-15)18-11-12-27-21-4-2-3-19(18)21/h2-3,5-12,14,22H,4,13H2,1H3,(H,28,30). The highest BCUT2D eigenvalue weighted by molar-refractivity contribution is 6.31. The van der Waals surface area contributed by atoms with Crippen LogP contribution < -0.4 is 10.2 Å². The monoisotopic (exact) mass is 429 g/mol. The van der Waals surface area contributed by atoms with Gasteiger partial charge in [0.25, 0.3) is 5.91 Å². The number of pyridine rings is 1. The van der Waals surface area contributed by atoms with Gasteiger partial charge in [-0.1, -0.05) is 48.0 Å². The first-order valence-corrected chi connectivity index (χ1v) is 10.5. The fraction of sp³-hybridized carbons (Fsp3) is 0.160. The average Bonchev–Trinajstić information content (AvgIpc) is 3.24. The highest BCUT2D eigenvalue weighted by Crippen LogP contribution is 2.31. The molecule has 2 aromatic carbocycles. The van der Waals surface area contributed by atoms with Crippen LogP contribution in [0.3, 0.4) is 0 Å². The topological polar surface area (TPSA) is 62.3 Å². The summed E-state index contributed by atoms with van der Waals surface area (Å²) in [5.74, 6) is -0.452. The third kappa shape index (κ3) is 3.51. The molecule has 154 valence electrons. The molecule has 1 aliphatic heterocycles. The third-order valence-electron chi connectivity index (χ3n) is 5.87. The maximum Gasteiger partial charge on any atom is 0.254 e. The van der Waals surface area contributed by atoms with Crippen molar-refractivity contribution < 1.29 is 9.59 Å². The molecule has 0 fully saturated rings. The van der Waals surface area contributed by atoms with Crippen molar-refractivity contribution in [1.29, 1.82) is 0 Å². The van der Waals surface area contributed by atoms with E-state index in [-0.39, 0.29) is 11.8 Å². The summed E-state index contributed by atoms with van der Waals surface area (Å²) in [4.78, 5) is 31.7. The number of aromatic nitrogens is 1.